The van der Waals surface area contributed by atoms with E-state index in [4.69, 9.17) is 5.11 Å². The molecule has 1 saturated heterocycles. The maximum Gasteiger partial charge on any atom is 0.318 e. The second kappa shape index (κ2) is 7.72. The fourth-order valence-electron chi connectivity index (χ4n) is 2.21. The highest BCUT2D eigenvalue weighted by Gasteiger charge is 2.24. The van der Waals surface area contributed by atoms with Gasteiger partial charge in [-0.05, 0) is 12.8 Å². The standard InChI is InChI=1S/C13H23N3O4/c1-3-5-10(8-12(18)19)14-13(20)16-7-4-6-15(2)11(17)9-16/h10H,3-9H2,1-2H3,(H,14,20)(H,18,19). The molecule has 0 spiro atoms. The van der Waals surface area contributed by atoms with E-state index >= 15 is 0 Å². The average molecular weight is 285 g/mol. The maximum atomic E-state index is 12.1. The van der Waals surface area contributed by atoms with E-state index in [0.717, 1.165) is 12.8 Å². The number of likely N-dealkylation sites (N-methyl/N-ethyl adjacent to an activating group) is 1. The van der Waals surface area contributed by atoms with Crippen molar-refractivity contribution in [2.45, 2.75) is 38.6 Å². The number of aliphatic carboxylic acids is 1. The predicted molar refractivity (Wildman–Crippen MR) is 73.3 cm³/mol. The first-order chi connectivity index (χ1) is 9.43. The molecule has 1 unspecified atom stereocenters. The summed E-state index contributed by atoms with van der Waals surface area (Å²) in [6.45, 7) is 3.13. The van der Waals surface area contributed by atoms with Gasteiger partial charge in [-0.15, -0.1) is 0 Å². The summed E-state index contributed by atoms with van der Waals surface area (Å²) in [6.07, 6.45) is 2.04. The quantitative estimate of drug-likeness (QED) is 0.770. The molecule has 1 atom stereocenters. The number of carboxylic acid groups (broad SMARTS) is 1. The van der Waals surface area contributed by atoms with Crippen LogP contribution in [-0.4, -0.2) is 65.5 Å². The number of carbonyl (C=O) groups is 3. The number of urea groups is 1. The molecule has 114 valence electrons. The molecule has 1 aliphatic rings. The van der Waals surface area contributed by atoms with E-state index in [2.05, 4.69) is 5.32 Å². The van der Waals surface area contributed by atoms with E-state index < -0.39 is 5.97 Å². The zero-order valence-electron chi connectivity index (χ0n) is 12.1. The molecule has 7 nitrogen and oxygen atoms in total. The summed E-state index contributed by atoms with van der Waals surface area (Å²) in [7, 11) is 1.72. The van der Waals surface area contributed by atoms with Gasteiger partial charge in [0, 0.05) is 26.2 Å². The summed E-state index contributed by atoms with van der Waals surface area (Å²) in [5.74, 6) is -1.03. The molecular formula is C13H23N3O4. The predicted octanol–water partition coefficient (Wildman–Crippen LogP) is 0.504. The van der Waals surface area contributed by atoms with Gasteiger partial charge in [0.15, 0.2) is 0 Å². The van der Waals surface area contributed by atoms with E-state index in [9.17, 15) is 14.4 Å². The van der Waals surface area contributed by atoms with Crippen LogP contribution >= 0.6 is 0 Å². The number of amides is 3. The molecule has 1 fully saturated rings. The van der Waals surface area contributed by atoms with E-state index in [1.165, 1.54) is 4.90 Å². The van der Waals surface area contributed by atoms with Crippen LogP contribution in [0.4, 0.5) is 4.79 Å². The summed E-state index contributed by atoms with van der Waals surface area (Å²) in [5.41, 5.74) is 0. The summed E-state index contributed by atoms with van der Waals surface area (Å²) < 4.78 is 0. The van der Waals surface area contributed by atoms with E-state index in [-0.39, 0.29) is 30.9 Å². The first-order valence-corrected chi connectivity index (χ1v) is 6.95. The molecule has 7 heteroatoms. The number of hydrogen-bond donors (Lipinski definition) is 2. The molecule has 0 saturated carbocycles. The minimum absolute atomic E-state index is 0.0499. The van der Waals surface area contributed by atoms with Gasteiger partial charge < -0.3 is 20.2 Å². The van der Waals surface area contributed by atoms with Gasteiger partial charge in [-0.25, -0.2) is 4.79 Å². The van der Waals surface area contributed by atoms with Gasteiger partial charge >= 0.3 is 12.0 Å². The molecule has 3 amide bonds. The van der Waals surface area contributed by atoms with Crippen LogP contribution in [0.2, 0.25) is 0 Å². The Labute approximate surface area is 118 Å². The highest BCUT2D eigenvalue weighted by molar-refractivity contribution is 5.84. The van der Waals surface area contributed by atoms with Gasteiger partial charge in [0.2, 0.25) is 5.91 Å². The lowest BCUT2D eigenvalue weighted by atomic mass is 10.1. The Kier molecular flexibility index (Phi) is 6.27. The number of nitrogens with one attached hydrogen (secondary N) is 1. The first-order valence-electron chi connectivity index (χ1n) is 6.95. The summed E-state index contributed by atoms with van der Waals surface area (Å²) in [6, 6.07) is -0.741. The van der Waals surface area contributed by atoms with E-state index in [1.54, 1.807) is 11.9 Å². The lowest BCUT2D eigenvalue weighted by molar-refractivity contribution is -0.137. The Morgan fingerprint density at radius 1 is 1.40 bits per heavy atom. The Bertz CT molecular complexity index is 373. The largest absolute Gasteiger partial charge is 0.481 e. The van der Waals surface area contributed by atoms with Crippen molar-refractivity contribution in [3.63, 3.8) is 0 Å². The van der Waals surface area contributed by atoms with Crippen LogP contribution < -0.4 is 5.32 Å². The zero-order chi connectivity index (χ0) is 15.1. The summed E-state index contributed by atoms with van der Waals surface area (Å²) in [5, 5.41) is 11.5. The van der Waals surface area contributed by atoms with Crippen molar-refractivity contribution in [3.05, 3.63) is 0 Å². The number of nitrogens with zero attached hydrogens (tertiary/aromatic N) is 2. The van der Waals surface area contributed by atoms with Crippen molar-refractivity contribution >= 4 is 17.9 Å². The minimum Gasteiger partial charge on any atom is -0.481 e. The van der Waals surface area contributed by atoms with Crippen LogP contribution in [0.25, 0.3) is 0 Å². The molecule has 1 heterocycles. The van der Waals surface area contributed by atoms with Crippen LogP contribution in [0.15, 0.2) is 0 Å². The Morgan fingerprint density at radius 3 is 2.70 bits per heavy atom. The summed E-state index contributed by atoms with van der Waals surface area (Å²) >= 11 is 0. The molecule has 0 bridgehead atoms. The van der Waals surface area contributed by atoms with Gasteiger partial charge in [0.25, 0.3) is 0 Å². The molecule has 0 aromatic carbocycles. The van der Waals surface area contributed by atoms with E-state index in [0.29, 0.717) is 19.5 Å². The molecule has 1 rings (SSSR count). The normalized spacial score (nSPS) is 17.6. The molecule has 2 N–H and O–H groups in total. The first kappa shape index (κ1) is 16.3. The highest BCUT2D eigenvalue weighted by atomic mass is 16.4. The topological polar surface area (TPSA) is 89.9 Å². The molecule has 20 heavy (non-hydrogen) atoms. The Balaban J connectivity index is 2.58. The smallest absolute Gasteiger partial charge is 0.318 e. The lowest BCUT2D eigenvalue weighted by Crippen LogP contribution is -2.47. The maximum absolute atomic E-state index is 12.1. The molecular weight excluding hydrogens is 262 g/mol. The fraction of sp³-hybridized carbons (Fsp3) is 0.769. The van der Waals surface area contributed by atoms with Crippen LogP contribution in [0.5, 0.6) is 0 Å². The fourth-order valence-corrected chi connectivity index (χ4v) is 2.21. The van der Waals surface area contributed by atoms with Crippen LogP contribution in [0.3, 0.4) is 0 Å². The molecule has 0 radical (unpaired) electrons. The molecule has 0 aromatic heterocycles. The van der Waals surface area contributed by atoms with Crippen molar-refractivity contribution in [1.82, 2.24) is 15.1 Å². The average Bonchev–Trinajstić information content (AvgIpc) is 2.51. The number of rotatable bonds is 5. The third-order valence-corrected chi connectivity index (χ3v) is 3.35. The van der Waals surface area contributed by atoms with E-state index in [1.807, 2.05) is 6.92 Å². The van der Waals surface area contributed by atoms with Gasteiger partial charge in [-0.3, -0.25) is 9.59 Å². The van der Waals surface area contributed by atoms with Crippen LogP contribution in [0.1, 0.15) is 32.6 Å². The minimum atomic E-state index is -0.935. The van der Waals surface area contributed by atoms with Crippen molar-refractivity contribution in [3.8, 4) is 0 Å². The Hall–Kier alpha value is -1.79. The van der Waals surface area contributed by atoms with Crippen molar-refractivity contribution < 1.29 is 19.5 Å². The lowest BCUT2D eigenvalue weighted by Gasteiger charge is -2.24. The zero-order valence-corrected chi connectivity index (χ0v) is 12.1. The van der Waals surface area contributed by atoms with Crippen LogP contribution in [0, 0.1) is 0 Å². The Morgan fingerprint density at radius 2 is 2.10 bits per heavy atom. The van der Waals surface area contributed by atoms with Gasteiger partial charge in [-0.2, -0.15) is 0 Å². The van der Waals surface area contributed by atoms with Crippen molar-refractivity contribution in [1.29, 1.82) is 0 Å². The number of carbonyl (C=O) groups excluding carboxylic acids is 2. The third-order valence-electron chi connectivity index (χ3n) is 3.35. The van der Waals surface area contributed by atoms with Gasteiger partial charge in [0.1, 0.15) is 6.54 Å². The monoisotopic (exact) mass is 285 g/mol. The SMILES string of the molecule is CCCC(CC(=O)O)NC(=O)N1CCCN(C)C(=O)C1. The third kappa shape index (κ3) is 5.07. The van der Waals surface area contributed by atoms with Crippen LogP contribution in [-0.2, 0) is 9.59 Å². The number of hydrogen-bond acceptors (Lipinski definition) is 3. The molecule has 1 aliphatic heterocycles. The summed E-state index contributed by atoms with van der Waals surface area (Å²) in [4.78, 5) is 37.7. The second-order valence-corrected chi connectivity index (χ2v) is 5.12. The number of carboxylic acids is 1. The van der Waals surface area contributed by atoms with Gasteiger partial charge in [0.05, 0.1) is 6.42 Å². The van der Waals surface area contributed by atoms with Crippen molar-refractivity contribution in [2.24, 2.45) is 0 Å². The van der Waals surface area contributed by atoms with Crippen molar-refractivity contribution in [2.75, 3.05) is 26.7 Å². The molecule has 0 aliphatic carbocycles. The second-order valence-electron chi connectivity index (χ2n) is 5.12. The highest BCUT2D eigenvalue weighted by Crippen LogP contribution is 2.06. The molecule has 0 aromatic rings. The van der Waals surface area contributed by atoms with Gasteiger partial charge in [-0.1, -0.05) is 13.3 Å².